The first-order valence-corrected chi connectivity index (χ1v) is 11.2. The Kier molecular flexibility index (Phi) is 7.96. The van der Waals surface area contributed by atoms with Crippen molar-refractivity contribution in [3.63, 3.8) is 0 Å². The molecule has 2 aromatic carbocycles. The maximum Gasteiger partial charge on any atom is 0.256 e. The fourth-order valence-electron chi connectivity index (χ4n) is 2.27. The Morgan fingerprint density at radius 2 is 1.65 bits per heavy atom. The van der Waals surface area contributed by atoms with E-state index in [-0.39, 0.29) is 5.75 Å². The van der Waals surface area contributed by atoms with E-state index in [4.69, 9.17) is 0 Å². The monoisotopic (exact) mass is 393 g/mol. The van der Waals surface area contributed by atoms with Crippen LogP contribution in [0.2, 0.25) is 0 Å². The summed E-state index contributed by atoms with van der Waals surface area (Å²) in [7, 11) is -3.64. The number of hydrogen-bond acceptors (Lipinski definition) is 5. The average molecular weight is 394 g/mol. The third-order valence-electron chi connectivity index (χ3n) is 3.55. The lowest BCUT2D eigenvalue weighted by Gasteiger charge is -2.19. The molecule has 0 bridgehead atoms. The lowest BCUT2D eigenvalue weighted by molar-refractivity contribution is -0.122. The summed E-state index contributed by atoms with van der Waals surface area (Å²) < 4.78 is 27.4. The van der Waals surface area contributed by atoms with Crippen molar-refractivity contribution in [2.24, 2.45) is 0 Å². The van der Waals surface area contributed by atoms with Crippen LogP contribution in [0.5, 0.6) is 0 Å². The predicted molar refractivity (Wildman–Crippen MR) is 107 cm³/mol. The Morgan fingerprint density at radius 1 is 1.04 bits per heavy atom. The molecule has 0 aliphatic carbocycles. The first-order valence-electron chi connectivity index (χ1n) is 8.14. The number of nitrogens with one attached hydrogen (secondary N) is 3. The number of carbonyl (C=O) groups is 1. The van der Waals surface area contributed by atoms with Crippen LogP contribution in [0.4, 0.5) is 5.69 Å². The van der Waals surface area contributed by atoms with E-state index in [1.54, 1.807) is 48.2 Å². The fraction of sp³-hybridized carbons (Fsp3) is 0.278. The Hall–Kier alpha value is -2.03. The minimum atomic E-state index is -3.64. The molecule has 0 fully saturated rings. The summed E-state index contributed by atoms with van der Waals surface area (Å²) in [6, 6.07) is 17.2. The molecule has 26 heavy (non-hydrogen) atoms. The summed E-state index contributed by atoms with van der Waals surface area (Å²) in [6.45, 7) is 0. The van der Waals surface area contributed by atoms with Gasteiger partial charge in [-0.15, -0.1) is 0 Å². The molecule has 0 unspecified atom stereocenters. The summed E-state index contributed by atoms with van der Waals surface area (Å²) >= 11 is 1.56. The third kappa shape index (κ3) is 7.07. The van der Waals surface area contributed by atoms with E-state index in [9.17, 15) is 13.2 Å². The standard InChI is InChI=1S/C18H23N3O3S2/c1-25-13-12-17(18(22)20-19-16-10-6-3-7-11-16)21-26(23,24)14-15-8-4-2-5-9-15/h2-11,17,19,21H,12-14H2,1H3,(H,20,22)/t17-/m0/s1. The molecule has 2 aromatic rings. The molecule has 8 heteroatoms. The Morgan fingerprint density at radius 3 is 2.27 bits per heavy atom. The zero-order chi connectivity index (χ0) is 18.8. The van der Waals surface area contributed by atoms with E-state index >= 15 is 0 Å². The fourth-order valence-corrected chi connectivity index (χ4v) is 4.12. The van der Waals surface area contributed by atoms with Gasteiger partial charge < -0.3 is 0 Å². The van der Waals surface area contributed by atoms with Crippen molar-refractivity contribution in [1.29, 1.82) is 0 Å². The highest BCUT2D eigenvalue weighted by atomic mass is 32.2. The molecule has 0 aromatic heterocycles. The number of carbonyl (C=O) groups excluding carboxylic acids is 1. The molecule has 0 saturated heterocycles. The van der Waals surface area contributed by atoms with Crippen molar-refractivity contribution in [3.05, 3.63) is 66.2 Å². The number of benzene rings is 2. The second kappa shape index (κ2) is 10.2. The predicted octanol–water partition coefficient (Wildman–Crippen LogP) is 2.37. The summed E-state index contributed by atoms with van der Waals surface area (Å²) in [5, 5.41) is 0. The number of amides is 1. The van der Waals surface area contributed by atoms with E-state index in [2.05, 4.69) is 15.6 Å². The first kappa shape index (κ1) is 20.3. The summed E-state index contributed by atoms with van der Waals surface area (Å²) in [5.74, 6) is 0.0832. The minimum absolute atomic E-state index is 0.164. The van der Waals surface area contributed by atoms with Crippen LogP contribution in [0.25, 0.3) is 0 Å². The van der Waals surface area contributed by atoms with Gasteiger partial charge in [-0.3, -0.25) is 15.6 Å². The van der Waals surface area contributed by atoms with Gasteiger partial charge in [0.05, 0.1) is 11.4 Å². The number of hydrogen-bond donors (Lipinski definition) is 3. The van der Waals surface area contributed by atoms with E-state index < -0.39 is 22.0 Å². The van der Waals surface area contributed by atoms with Gasteiger partial charge in [0.25, 0.3) is 5.91 Å². The summed E-state index contributed by atoms with van der Waals surface area (Å²) in [6.07, 6.45) is 2.31. The first-order chi connectivity index (χ1) is 12.5. The molecule has 0 aliphatic heterocycles. The smallest absolute Gasteiger partial charge is 0.256 e. The van der Waals surface area contributed by atoms with Gasteiger partial charge in [-0.2, -0.15) is 11.8 Å². The molecular weight excluding hydrogens is 370 g/mol. The van der Waals surface area contributed by atoms with E-state index in [0.717, 1.165) is 5.69 Å². The van der Waals surface area contributed by atoms with Gasteiger partial charge in [-0.1, -0.05) is 48.5 Å². The zero-order valence-electron chi connectivity index (χ0n) is 14.5. The molecule has 0 saturated carbocycles. The topological polar surface area (TPSA) is 87.3 Å². The van der Waals surface area contributed by atoms with Crippen molar-refractivity contribution in [2.75, 3.05) is 17.4 Å². The highest BCUT2D eigenvalue weighted by Gasteiger charge is 2.24. The maximum absolute atomic E-state index is 12.4. The van der Waals surface area contributed by atoms with Gasteiger partial charge >= 0.3 is 0 Å². The second-order valence-electron chi connectivity index (χ2n) is 5.68. The highest BCUT2D eigenvalue weighted by Crippen LogP contribution is 2.08. The van der Waals surface area contributed by atoms with E-state index in [1.807, 2.05) is 30.5 Å². The molecule has 0 spiro atoms. The molecule has 140 valence electrons. The number of para-hydroxylation sites is 1. The SMILES string of the molecule is CSCC[C@H](NS(=O)(=O)Cc1ccccc1)C(=O)NNc1ccccc1. The molecule has 1 atom stereocenters. The lowest BCUT2D eigenvalue weighted by Crippen LogP contribution is -2.48. The molecule has 0 radical (unpaired) electrons. The molecule has 0 heterocycles. The molecule has 1 amide bonds. The number of hydrazine groups is 1. The van der Waals surface area contributed by atoms with Crippen molar-refractivity contribution < 1.29 is 13.2 Å². The van der Waals surface area contributed by atoms with Gasteiger partial charge in [0, 0.05) is 0 Å². The lowest BCUT2D eigenvalue weighted by atomic mass is 10.2. The normalized spacial score (nSPS) is 12.3. The van der Waals surface area contributed by atoms with Crippen LogP contribution < -0.4 is 15.6 Å². The molecule has 0 aliphatic rings. The Balaban J connectivity index is 1.99. The van der Waals surface area contributed by atoms with Crippen molar-refractivity contribution >= 4 is 33.4 Å². The quantitative estimate of drug-likeness (QED) is 0.540. The number of rotatable bonds is 10. The zero-order valence-corrected chi connectivity index (χ0v) is 16.1. The van der Waals surface area contributed by atoms with Crippen LogP contribution in [-0.2, 0) is 20.6 Å². The van der Waals surface area contributed by atoms with Crippen molar-refractivity contribution in [1.82, 2.24) is 10.1 Å². The molecular formula is C18H23N3O3S2. The maximum atomic E-state index is 12.4. The van der Waals surface area contributed by atoms with Crippen LogP contribution in [0.1, 0.15) is 12.0 Å². The van der Waals surface area contributed by atoms with Gasteiger partial charge in [-0.05, 0) is 36.1 Å². The summed E-state index contributed by atoms with van der Waals surface area (Å²) in [5.41, 5.74) is 6.76. The molecule has 6 nitrogen and oxygen atoms in total. The minimum Gasteiger partial charge on any atom is -0.299 e. The van der Waals surface area contributed by atoms with Crippen LogP contribution in [-0.4, -0.2) is 32.4 Å². The van der Waals surface area contributed by atoms with Gasteiger partial charge in [0.1, 0.15) is 6.04 Å². The van der Waals surface area contributed by atoms with Crippen LogP contribution in [0.15, 0.2) is 60.7 Å². The second-order valence-corrected chi connectivity index (χ2v) is 8.42. The van der Waals surface area contributed by atoms with Gasteiger partial charge in [0.15, 0.2) is 0 Å². The van der Waals surface area contributed by atoms with Gasteiger partial charge in [-0.25, -0.2) is 13.1 Å². The van der Waals surface area contributed by atoms with Crippen molar-refractivity contribution in [3.8, 4) is 0 Å². The van der Waals surface area contributed by atoms with Crippen LogP contribution >= 0.6 is 11.8 Å². The largest absolute Gasteiger partial charge is 0.299 e. The Labute approximate surface area is 158 Å². The summed E-state index contributed by atoms with van der Waals surface area (Å²) in [4.78, 5) is 12.4. The van der Waals surface area contributed by atoms with Crippen molar-refractivity contribution in [2.45, 2.75) is 18.2 Å². The van der Waals surface area contributed by atoms with E-state index in [0.29, 0.717) is 17.7 Å². The van der Waals surface area contributed by atoms with Crippen LogP contribution in [0.3, 0.4) is 0 Å². The highest BCUT2D eigenvalue weighted by molar-refractivity contribution is 7.98. The van der Waals surface area contributed by atoms with Gasteiger partial charge in [0.2, 0.25) is 10.0 Å². The van der Waals surface area contributed by atoms with Crippen LogP contribution in [0, 0.1) is 0 Å². The molecule has 2 rings (SSSR count). The number of sulfonamides is 1. The Bertz CT molecular complexity index is 784. The number of anilines is 1. The number of thioether (sulfide) groups is 1. The van der Waals surface area contributed by atoms with E-state index in [1.165, 1.54) is 0 Å². The third-order valence-corrected chi connectivity index (χ3v) is 5.55. The molecule has 3 N–H and O–H groups in total. The average Bonchev–Trinajstić information content (AvgIpc) is 2.64.